The largest absolute Gasteiger partial charge is 0.456 e. The highest BCUT2D eigenvalue weighted by molar-refractivity contribution is 6.85. The van der Waals surface area contributed by atoms with Crippen LogP contribution in [0.25, 0.3) is 0 Å². The van der Waals surface area contributed by atoms with E-state index in [0.717, 1.165) is 18.1 Å². The summed E-state index contributed by atoms with van der Waals surface area (Å²) >= 11 is 0. The molecule has 0 aliphatic carbocycles. The van der Waals surface area contributed by atoms with E-state index in [-0.39, 0.29) is 0 Å². The lowest BCUT2D eigenvalue weighted by atomic mass is 10.4. The Morgan fingerprint density at radius 3 is 0.762 bits per heavy atom. The van der Waals surface area contributed by atoms with E-state index in [1.807, 2.05) is 0 Å². The molecule has 0 spiro atoms. The molecule has 246 valence electrons. The number of rotatable bonds is 18. The second kappa shape index (κ2) is 14.8. The number of nitrogens with zero attached hydrogens (tertiary/aromatic N) is 3. The van der Waals surface area contributed by atoms with E-state index in [4.69, 9.17) is 12.3 Å². The van der Waals surface area contributed by atoms with E-state index in [1.54, 1.807) is 0 Å². The Balaban J connectivity index is 3.30. The van der Waals surface area contributed by atoms with Gasteiger partial charge in [0.25, 0.3) is 0 Å². The first-order valence-corrected chi connectivity index (χ1v) is 35.3. The van der Waals surface area contributed by atoms with Crippen molar-refractivity contribution in [1.29, 1.82) is 0 Å². The smallest absolute Gasteiger partial charge is 0.336 e. The van der Waals surface area contributed by atoms with Crippen molar-refractivity contribution in [2.45, 2.75) is 155 Å². The normalized spacial score (nSPS) is 14.1. The Morgan fingerprint density at radius 2 is 0.595 bits per heavy atom. The van der Waals surface area contributed by atoms with Gasteiger partial charge in [0.2, 0.25) is 0 Å². The summed E-state index contributed by atoms with van der Waals surface area (Å²) in [6, 6.07) is 2.55. The molecule has 9 nitrogen and oxygen atoms in total. The minimum absolute atomic E-state index is 0.293. The molecular formula is C27H63N3O6Si6. The minimum atomic E-state index is -1.93. The summed E-state index contributed by atoms with van der Waals surface area (Å²) in [6.07, 6.45) is 2.02. The maximum Gasteiger partial charge on any atom is 0.336 e. The topological polar surface area (TPSA) is 93.7 Å². The van der Waals surface area contributed by atoms with Crippen LogP contribution in [0.1, 0.15) is 19.3 Å². The molecule has 0 N–H and O–H groups in total. The first-order valence-electron chi connectivity index (χ1n) is 15.7. The van der Waals surface area contributed by atoms with Gasteiger partial charge >= 0.3 is 17.1 Å². The molecule has 1 aromatic rings. The maximum absolute atomic E-state index is 13.6. The molecule has 0 aliphatic rings. The lowest BCUT2D eigenvalue weighted by Crippen LogP contribution is -2.55. The van der Waals surface area contributed by atoms with E-state index in [2.05, 4.69) is 98.2 Å². The zero-order valence-electron chi connectivity index (χ0n) is 29.7. The molecule has 1 aromatic heterocycles. The van der Waals surface area contributed by atoms with Crippen molar-refractivity contribution in [3.8, 4) is 0 Å². The van der Waals surface area contributed by atoms with Crippen molar-refractivity contribution >= 4 is 49.9 Å². The number of aromatic nitrogens is 3. The van der Waals surface area contributed by atoms with Crippen LogP contribution < -0.4 is 17.1 Å². The second-order valence-corrected chi connectivity index (χ2v) is 43.7. The zero-order valence-corrected chi connectivity index (χ0v) is 35.7. The van der Waals surface area contributed by atoms with Crippen LogP contribution in [0.5, 0.6) is 0 Å². The van der Waals surface area contributed by atoms with Crippen molar-refractivity contribution < 1.29 is 12.3 Å². The third-order valence-corrected chi connectivity index (χ3v) is 25.3. The molecule has 0 fully saturated rings. The highest BCUT2D eigenvalue weighted by Gasteiger charge is 2.32. The van der Waals surface area contributed by atoms with Crippen LogP contribution in [0.15, 0.2) is 14.4 Å². The average Bonchev–Trinajstić information content (AvgIpc) is 2.70. The van der Waals surface area contributed by atoms with Crippen molar-refractivity contribution in [3.63, 3.8) is 0 Å². The molecule has 0 atom stereocenters. The summed E-state index contributed by atoms with van der Waals surface area (Å²) in [7, 11) is -10.9. The van der Waals surface area contributed by atoms with Gasteiger partial charge in [0.15, 0.2) is 49.9 Å². The molecule has 0 aromatic carbocycles. The van der Waals surface area contributed by atoms with Crippen molar-refractivity contribution in [3.05, 3.63) is 31.5 Å². The van der Waals surface area contributed by atoms with Crippen LogP contribution in [-0.2, 0) is 32.0 Å². The summed E-state index contributed by atoms with van der Waals surface area (Å²) in [5.74, 6) is 0. The Bertz CT molecular complexity index is 1030. The summed E-state index contributed by atoms with van der Waals surface area (Å²) in [5, 5.41) is 0. The van der Waals surface area contributed by atoms with Gasteiger partial charge in [-0.3, -0.25) is 0 Å². The van der Waals surface area contributed by atoms with E-state index >= 15 is 0 Å². The van der Waals surface area contributed by atoms with E-state index < -0.39 is 67.0 Å². The molecule has 0 radical (unpaired) electrons. The summed E-state index contributed by atoms with van der Waals surface area (Å²) in [4.78, 5) is 40.8. The summed E-state index contributed by atoms with van der Waals surface area (Å²) in [5.41, 5.74) is -1.47. The van der Waals surface area contributed by atoms with Gasteiger partial charge in [0.05, 0.1) is 0 Å². The lowest BCUT2D eigenvalue weighted by molar-refractivity contribution is 0.430. The standard InChI is InChI=1S/C27H63N3O6Si6/c1-37(2,3)34-40(10,11)22-16-19-28-25(31)29(20-17-23-41(12,13)35-38(4,5)6)27(33)30(26(28)32)21-18-24-42(14,15)36-39(7,8)9/h16-24H2,1-15H3. The van der Waals surface area contributed by atoms with E-state index in [1.165, 1.54) is 13.7 Å². The van der Waals surface area contributed by atoms with Gasteiger partial charge in [-0.05, 0) is 136 Å². The van der Waals surface area contributed by atoms with Crippen LogP contribution in [0.4, 0.5) is 0 Å². The molecule has 0 saturated carbocycles. The SMILES string of the molecule is C[Si](C)(C)O[Si](C)(C)CCCn1c(=O)n(CCC[Si](C)(C)O[Si](C)(C)C)c(=O)n(CCC[Si](C)(C)O[Si](C)(C)C)c1=O. The molecule has 0 saturated heterocycles. The summed E-state index contributed by atoms with van der Waals surface area (Å²) in [6.45, 7) is 33.8. The Kier molecular flexibility index (Phi) is 13.9. The molecule has 0 aliphatic heterocycles. The lowest BCUT2D eigenvalue weighted by Gasteiger charge is -2.31. The van der Waals surface area contributed by atoms with Gasteiger partial charge in [-0.15, -0.1) is 0 Å². The number of hydrogen-bond donors (Lipinski definition) is 0. The fraction of sp³-hybridized carbons (Fsp3) is 0.889. The molecule has 0 bridgehead atoms. The Labute approximate surface area is 261 Å². The van der Waals surface area contributed by atoms with Gasteiger partial charge in [-0.1, -0.05) is 0 Å². The van der Waals surface area contributed by atoms with Gasteiger partial charge in [-0.2, -0.15) is 0 Å². The van der Waals surface area contributed by atoms with Gasteiger partial charge in [-0.25, -0.2) is 28.1 Å². The second-order valence-electron chi connectivity index (χ2n) is 16.5. The average molecular weight is 694 g/mol. The quantitative estimate of drug-likeness (QED) is 0.163. The Morgan fingerprint density at radius 1 is 0.405 bits per heavy atom. The number of hydrogen-bond acceptors (Lipinski definition) is 6. The van der Waals surface area contributed by atoms with Gasteiger partial charge in [0, 0.05) is 19.6 Å². The van der Waals surface area contributed by atoms with Crippen molar-refractivity contribution in [1.82, 2.24) is 13.7 Å². The molecule has 1 rings (SSSR count). The van der Waals surface area contributed by atoms with E-state index in [0.29, 0.717) is 38.9 Å². The summed E-state index contributed by atoms with van der Waals surface area (Å²) < 4.78 is 23.3. The first kappa shape index (κ1) is 39.6. The van der Waals surface area contributed by atoms with Crippen LogP contribution in [0.3, 0.4) is 0 Å². The predicted octanol–water partition coefficient (Wildman–Crippen LogP) is 6.51. The highest BCUT2D eigenvalue weighted by atomic mass is 28.4. The monoisotopic (exact) mass is 693 g/mol. The first-order chi connectivity index (χ1) is 18.6. The van der Waals surface area contributed by atoms with Crippen LogP contribution >= 0.6 is 0 Å². The van der Waals surface area contributed by atoms with Gasteiger partial charge < -0.3 is 12.3 Å². The van der Waals surface area contributed by atoms with Crippen molar-refractivity contribution in [2.24, 2.45) is 0 Å². The molecule has 42 heavy (non-hydrogen) atoms. The fourth-order valence-corrected chi connectivity index (χ4v) is 30.0. The van der Waals surface area contributed by atoms with Crippen molar-refractivity contribution in [2.75, 3.05) is 0 Å². The maximum atomic E-state index is 13.6. The van der Waals surface area contributed by atoms with Crippen LogP contribution in [0.2, 0.25) is 116 Å². The molecule has 15 heteroatoms. The molecule has 1 heterocycles. The third-order valence-electron chi connectivity index (χ3n) is 6.61. The molecular weight excluding hydrogens is 631 g/mol. The predicted molar refractivity (Wildman–Crippen MR) is 193 cm³/mol. The highest BCUT2D eigenvalue weighted by Crippen LogP contribution is 2.22. The van der Waals surface area contributed by atoms with Crippen LogP contribution in [0, 0.1) is 0 Å². The molecule has 0 unspecified atom stereocenters. The van der Waals surface area contributed by atoms with E-state index in [9.17, 15) is 14.4 Å². The van der Waals surface area contributed by atoms with Gasteiger partial charge in [0.1, 0.15) is 0 Å². The Hall–Kier alpha value is -0.409. The molecule has 0 amide bonds. The zero-order chi connectivity index (χ0) is 32.9. The minimum Gasteiger partial charge on any atom is -0.456 e. The fourth-order valence-electron chi connectivity index (χ4n) is 5.88. The van der Waals surface area contributed by atoms with Crippen LogP contribution in [-0.4, -0.2) is 63.6 Å². The third kappa shape index (κ3) is 15.1.